The van der Waals surface area contributed by atoms with Gasteiger partial charge in [-0.1, -0.05) is 32.6 Å². The Morgan fingerprint density at radius 1 is 1.19 bits per heavy atom. The molecular weight excluding hydrogens is 202 g/mol. The van der Waals surface area contributed by atoms with E-state index in [4.69, 9.17) is 5.21 Å². The molecule has 1 rings (SSSR count). The highest BCUT2D eigenvalue weighted by Crippen LogP contribution is 2.30. The molecule has 3 unspecified atom stereocenters. The molecule has 0 spiro atoms. The van der Waals surface area contributed by atoms with Gasteiger partial charge in [0, 0.05) is 12.1 Å². The summed E-state index contributed by atoms with van der Waals surface area (Å²) in [5.74, 6) is 0.819. The van der Waals surface area contributed by atoms with Crippen molar-refractivity contribution in [3.05, 3.63) is 0 Å². The molecule has 3 atom stereocenters. The average Bonchev–Trinajstić information content (AvgIpc) is 2.45. The van der Waals surface area contributed by atoms with E-state index in [1.165, 1.54) is 31.9 Å². The zero-order chi connectivity index (χ0) is 11.8. The summed E-state index contributed by atoms with van der Waals surface area (Å²) in [7, 11) is 0. The number of hydrogen-bond acceptors (Lipinski definition) is 3. The Balaban J connectivity index is 2.32. The summed E-state index contributed by atoms with van der Waals surface area (Å²) in [6.45, 7) is 2.23. The van der Waals surface area contributed by atoms with Gasteiger partial charge < -0.3 is 10.3 Å². The lowest BCUT2D eigenvalue weighted by Crippen LogP contribution is -2.19. The third kappa shape index (κ3) is 4.52. The molecule has 16 heavy (non-hydrogen) atoms. The summed E-state index contributed by atoms with van der Waals surface area (Å²) in [5, 5.41) is 21.5. The van der Waals surface area contributed by atoms with E-state index in [-0.39, 0.29) is 12.0 Å². The zero-order valence-electron chi connectivity index (χ0n) is 10.3. The van der Waals surface area contributed by atoms with E-state index in [1.807, 2.05) is 0 Å². The van der Waals surface area contributed by atoms with Gasteiger partial charge in [-0.2, -0.15) is 0 Å². The van der Waals surface area contributed by atoms with E-state index < -0.39 is 0 Å². The number of hydrogen-bond donors (Lipinski definition) is 2. The highest BCUT2D eigenvalue weighted by Gasteiger charge is 2.24. The zero-order valence-corrected chi connectivity index (χ0v) is 10.3. The second kappa shape index (κ2) is 7.66. The maximum absolute atomic E-state index is 9.87. The molecular formula is C13H25NO2. The van der Waals surface area contributed by atoms with Crippen LogP contribution in [0.1, 0.15) is 58.3 Å². The van der Waals surface area contributed by atoms with Crippen LogP contribution in [0.5, 0.6) is 0 Å². The predicted molar refractivity (Wildman–Crippen MR) is 65.9 cm³/mol. The molecule has 1 aliphatic rings. The van der Waals surface area contributed by atoms with Gasteiger partial charge in [-0.25, -0.2) is 0 Å². The van der Waals surface area contributed by atoms with Gasteiger partial charge >= 0.3 is 0 Å². The van der Waals surface area contributed by atoms with Crippen molar-refractivity contribution in [3.8, 4) is 0 Å². The first-order valence-electron chi connectivity index (χ1n) is 6.63. The van der Waals surface area contributed by atoms with E-state index >= 15 is 0 Å². The fourth-order valence-electron chi connectivity index (χ4n) is 2.62. The fraction of sp³-hybridized carbons (Fsp3) is 0.923. The molecule has 3 nitrogen and oxygen atoms in total. The summed E-state index contributed by atoms with van der Waals surface area (Å²) < 4.78 is 0. The van der Waals surface area contributed by atoms with Crippen molar-refractivity contribution in [2.45, 2.75) is 64.4 Å². The smallest absolute Gasteiger partial charge is 0.0619 e. The normalized spacial score (nSPS) is 31.8. The SMILES string of the molecule is CCCCCC1CCC(O)C(C=NO)CC1. The number of aliphatic hydroxyl groups is 1. The standard InChI is InChI=1S/C13H25NO2/c1-2-3-4-5-11-6-8-12(10-14-16)13(15)9-7-11/h10-13,15-16H,2-9H2,1H3. The Labute approximate surface area is 98.6 Å². The summed E-state index contributed by atoms with van der Waals surface area (Å²) in [6, 6.07) is 0. The molecule has 0 aromatic rings. The largest absolute Gasteiger partial charge is 0.411 e. The van der Waals surface area contributed by atoms with Crippen molar-refractivity contribution in [1.29, 1.82) is 0 Å². The van der Waals surface area contributed by atoms with Crippen LogP contribution in [0.25, 0.3) is 0 Å². The van der Waals surface area contributed by atoms with Crippen LogP contribution in [-0.4, -0.2) is 22.6 Å². The molecule has 1 saturated carbocycles. The minimum atomic E-state index is -0.313. The van der Waals surface area contributed by atoms with Crippen molar-refractivity contribution >= 4 is 6.21 Å². The van der Waals surface area contributed by atoms with Gasteiger partial charge in [-0.15, -0.1) is 5.16 Å². The second-order valence-corrected chi connectivity index (χ2v) is 5.01. The van der Waals surface area contributed by atoms with E-state index in [1.54, 1.807) is 0 Å². The molecule has 0 aromatic carbocycles. The minimum absolute atomic E-state index is 0.0566. The lowest BCUT2D eigenvalue weighted by molar-refractivity contribution is 0.130. The summed E-state index contributed by atoms with van der Waals surface area (Å²) in [4.78, 5) is 0. The van der Waals surface area contributed by atoms with Crippen LogP contribution in [0.15, 0.2) is 5.16 Å². The summed E-state index contributed by atoms with van der Waals surface area (Å²) >= 11 is 0. The number of aliphatic hydroxyl groups excluding tert-OH is 1. The number of rotatable bonds is 5. The molecule has 0 heterocycles. The lowest BCUT2D eigenvalue weighted by Gasteiger charge is -2.13. The number of nitrogens with zero attached hydrogens (tertiary/aromatic N) is 1. The Hall–Kier alpha value is -0.570. The Kier molecular flexibility index (Phi) is 6.46. The van der Waals surface area contributed by atoms with Crippen LogP contribution in [0.3, 0.4) is 0 Å². The van der Waals surface area contributed by atoms with Crippen LogP contribution >= 0.6 is 0 Å². The summed E-state index contributed by atoms with van der Waals surface area (Å²) in [6.07, 6.45) is 10.5. The highest BCUT2D eigenvalue weighted by atomic mass is 16.4. The van der Waals surface area contributed by atoms with E-state index in [0.717, 1.165) is 31.6 Å². The van der Waals surface area contributed by atoms with Gasteiger partial charge in [-0.3, -0.25) is 0 Å². The first kappa shape index (κ1) is 13.5. The van der Waals surface area contributed by atoms with Crippen molar-refractivity contribution in [2.75, 3.05) is 0 Å². The summed E-state index contributed by atoms with van der Waals surface area (Å²) in [5.41, 5.74) is 0. The van der Waals surface area contributed by atoms with Crippen LogP contribution < -0.4 is 0 Å². The quantitative estimate of drug-likeness (QED) is 0.249. The first-order valence-corrected chi connectivity index (χ1v) is 6.63. The maximum atomic E-state index is 9.87. The van der Waals surface area contributed by atoms with Gasteiger partial charge in [0.05, 0.1) is 6.10 Å². The van der Waals surface area contributed by atoms with Crippen LogP contribution in [0.4, 0.5) is 0 Å². The number of unbranched alkanes of at least 4 members (excludes halogenated alkanes) is 2. The maximum Gasteiger partial charge on any atom is 0.0619 e. The monoisotopic (exact) mass is 227 g/mol. The van der Waals surface area contributed by atoms with E-state index in [0.29, 0.717) is 0 Å². The molecule has 0 aliphatic heterocycles. The van der Waals surface area contributed by atoms with Gasteiger partial charge in [0.1, 0.15) is 0 Å². The third-order valence-electron chi connectivity index (χ3n) is 3.75. The van der Waals surface area contributed by atoms with Gasteiger partial charge in [0.2, 0.25) is 0 Å². The molecule has 0 saturated heterocycles. The topological polar surface area (TPSA) is 52.8 Å². The highest BCUT2D eigenvalue weighted by molar-refractivity contribution is 5.60. The molecule has 94 valence electrons. The molecule has 1 fully saturated rings. The molecule has 2 N–H and O–H groups in total. The van der Waals surface area contributed by atoms with Crippen molar-refractivity contribution in [1.82, 2.24) is 0 Å². The van der Waals surface area contributed by atoms with Crippen molar-refractivity contribution in [3.63, 3.8) is 0 Å². The van der Waals surface area contributed by atoms with Gasteiger partial charge in [0.25, 0.3) is 0 Å². The fourth-order valence-corrected chi connectivity index (χ4v) is 2.62. The Morgan fingerprint density at radius 2 is 1.94 bits per heavy atom. The predicted octanol–water partition coefficient (Wildman–Crippen LogP) is 3.19. The van der Waals surface area contributed by atoms with Crippen LogP contribution in [0.2, 0.25) is 0 Å². The minimum Gasteiger partial charge on any atom is -0.411 e. The van der Waals surface area contributed by atoms with Crippen LogP contribution in [0, 0.1) is 11.8 Å². The van der Waals surface area contributed by atoms with Crippen molar-refractivity contribution in [2.24, 2.45) is 17.0 Å². The average molecular weight is 227 g/mol. The molecule has 0 aromatic heterocycles. The van der Waals surface area contributed by atoms with E-state index in [9.17, 15) is 5.11 Å². The molecule has 0 amide bonds. The Morgan fingerprint density at radius 3 is 2.62 bits per heavy atom. The lowest BCUT2D eigenvalue weighted by atomic mass is 9.93. The molecule has 3 heteroatoms. The van der Waals surface area contributed by atoms with Gasteiger partial charge in [-0.05, 0) is 31.6 Å². The molecule has 1 aliphatic carbocycles. The van der Waals surface area contributed by atoms with Crippen LogP contribution in [-0.2, 0) is 0 Å². The number of oxime groups is 1. The molecule has 0 radical (unpaired) electrons. The first-order chi connectivity index (χ1) is 7.77. The Bertz CT molecular complexity index is 206. The third-order valence-corrected chi connectivity index (χ3v) is 3.75. The van der Waals surface area contributed by atoms with E-state index in [2.05, 4.69) is 12.1 Å². The second-order valence-electron chi connectivity index (χ2n) is 5.01. The van der Waals surface area contributed by atoms with Crippen molar-refractivity contribution < 1.29 is 10.3 Å². The van der Waals surface area contributed by atoms with Gasteiger partial charge in [0.15, 0.2) is 0 Å². The molecule has 0 bridgehead atoms.